The third-order valence-electron chi connectivity index (χ3n) is 7.43. The molecule has 5 fully saturated rings. The van der Waals surface area contributed by atoms with Gasteiger partial charge < -0.3 is 0 Å². The molecule has 16 heavy (non-hydrogen) atoms. The van der Waals surface area contributed by atoms with Crippen LogP contribution in [0.4, 0.5) is 0 Å². The van der Waals surface area contributed by atoms with Crippen molar-refractivity contribution in [2.24, 2.45) is 40.4 Å². The molecule has 0 amide bonds. The SMILES string of the molecule is CCC1(C)CC2CC34CC2CC(C)C(C3)C14. The van der Waals surface area contributed by atoms with Crippen molar-refractivity contribution >= 4 is 0 Å². The standard InChI is InChI=1S/C16H26/c1-4-15(3)6-12-8-16-7-11(12)5-10(2)13(9-16)14(15)16/h10-14H,4-9H2,1-3H3. The molecule has 1 spiro atoms. The monoisotopic (exact) mass is 218 g/mol. The highest BCUT2D eigenvalue weighted by Crippen LogP contribution is 2.78. The third-order valence-corrected chi connectivity index (χ3v) is 7.43. The smallest absolute Gasteiger partial charge is 0.0253 e. The van der Waals surface area contributed by atoms with Crippen molar-refractivity contribution in [3.05, 3.63) is 0 Å². The zero-order valence-electron chi connectivity index (χ0n) is 11.1. The van der Waals surface area contributed by atoms with Crippen LogP contribution in [0.5, 0.6) is 0 Å². The molecule has 0 aromatic heterocycles. The van der Waals surface area contributed by atoms with Crippen LogP contribution < -0.4 is 0 Å². The lowest BCUT2D eigenvalue weighted by atomic mass is 9.39. The molecule has 0 aromatic rings. The molecular formula is C16H26. The number of fused-ring (bicyclic) bond motifs is 2. The lowest BCUT2D eigenvalue weighted by Gasteiger charge is -2.65. The zero-order valence-corrected chi connectivity index (χ0v) is 11.1. The van der Waals surface area contributed by atoms with E-state index in [0.717, 1.165) is 40.4 Å². The van der Waals surface area contributed by atoms with Gasteiger partial charge in [0.1, 0.15) is 0 Å². The summed E-state index contributed by atoms with van der Waals surface area (Å²) in [6.45, 7) is 7.64. The summed E-state index contributed by atoms with van der Waals surface area (Å²) < 4.78 is 0. The number of hydrogen-bond donors (Lipinski definition) is 0. The predicted octanol–water partition coefficient (Wildman–Crippen LogP) is 4.49. The highest BCUT2D eigenvalue weighted by molar-refractivity contribution is 5.19. The van der Waals surface area contributed by atoms with Crippen LogP contribution in [0.1, 0.15) is 59.3 Å². The lowest BCUT2D eigenvalue weighted by molar-refractivity contribution is -0.167. The van der Waals surface area contributed by atoms with Gasteiger partial charge in [-0.15, -0.1) is 0 Å². The van der Waals surface area contributed by atoms with Gasteiger partial charge >= 0.3 is 0 Å². The second kappa shape index (κ2) is 2.70. The van der Waals surface area contributed by atoms with E-state index in [1.807, 2.05) is 0 Å². The third kappa shape index (κ3) is 0.910. The summed E-state index contributed by atoms with van der Waals surface area (Å²) in [5, 5.41) is 0. The van der Waals surface area contributed by atoms with Crippen LogP contribution in [0.15, 0.2) is 0 Å². The minimum absolute atomic E-state index is 0.718. The highest BCUT2D eigenvalue weighted by Gasteiger charge is 2.70. The van der Waals surface area contributed by atoms with Gasteiger partial charge in [-0.3, -0.25) is 0 Å². The minimum Gasteiger partial charge on any atom is -0.0649 e. The number of rotatable bonds is 1. The van der Waals surface area contributed by atoms with Gasteiger partial charge in [-0.05, 0) is 72.5 Å². The van der Waals surface area contributed by atoms with Gasteiger partial charge in [-0.1, -0.05) is 27.2 Å². The summed E-state index contributed by atoms with van der Waals surface area (Å²) in [5.41, 5.74) is 1.57. The molecule has 7 unspecified atom stereocenters. The predicted molar refractivity (Wildman–Crippen MR) is 67.0 cm³/mol. The van der Waals surface area contributed by atoms with Crippen molar-refractivity contribution in [3.8, 4) is 0 Å². The van der Waals surface area contributed by atoms with Crippen molar-refractivity contribution < 1.29 is 0 Å². The van der Waals surface area contributed by atoms with Crippen LogP contribution in [0.2, 0.25) is 0 Å². The second-order valence-corrected chi connectivity index (χ2v) is 8.06. The van der Waals surface area contributed by atoms with E-state index in [0.29, 0.717) is 0 Å². The number of hydrogen-bond acceptors (Lipinski definition) is 0. The molecule has 5 saturated carbocycles. The summed E-state index contributed by atoms with van der Waals surface area (Å²) in [6, 6.07) is 0. The minimum atomic E-state index is 0.718. The summed E-state index contributed by atoms with van der Waals surface area (Å²) in [6.07, 6.45) is 9.45. The molecule has 5 aliphatic carbocycles. The van der Waals surface area contributed by atoms with Gasteiger partial charge in [0.15, 0.2) is 0 Å². The van der Waals surface area contributed by atoms with Crippen molar-refractivity contribution in [1.29, 1.82) is 0 Å². The molecule has 90 valence electrons. The first-order chi connectivity index (χ1) is 7.58. The van der Waals surface area contributed by atoms with E-state index in [2.05, 4.69) is 20.8 Å². The van der Waals surface area contributed by atoms with E-state index in [-0.39, 0.29) is 0 Å². The van der Waals surface area contributed by atoms with E-state index in [1.165, 1.54) is 6.42 Å². The topological polar surface area (TPSA) is 0 Å². The molecular weight excluding hydrogens is 192 g/mol. The first-order valence-corrected chi connectivity index (χ1v) is 7.58. The van der Waals surface area contributed by atoms with E-state index < -0.39 is 0 Å². The normalized spacial score (nSPS) is 66.6. The summed E-state index contributed by atoms with van der Waals surface area (Å²) in [7, 11) is 0. The van der Waals surface area contributed by atoms with E-state index in [9.17, 15) is 0 Å². The molecule has 0 aromatic carbocycles. The lowest BCUT2D eigenvalue weighted by Crippen LogP contribution is -2.58. The molecule has 0 nitrogen and oxygen atoms in total. The maximum absolute atomic E-state index is 2.63. The highest BCUT2D eigenvalue weighted by atomic mass is 14.7. The van der Waals surface area contributed by atoms with Crippen LogP contribution in [0.25, 0.3) is 0 Å². The Balaban J connectivity index is 1.83. The molecule has 7 atom stereocenters. The van der Waals surface area contributed by atoms with Crippen LogP contribution in [0, 0.1) is 40.4 Å². The average Bonchev–Trinajstić information content (AvgIpc) is 2.35. The van der Waals surface area contributed by atoms with Gasteiger partial charge in [0.2, 0.25) is 0 Å². The fraction of sp³-hybridized carbons (Fsp3) is 1.00. The molecule has 5 aliphatic rings. The Kier molecular flexibility index (Phi) is 1.68. The first-order valence-electron chi connectivity index (χ1n) is 7.58. The molecule has 4 bridgehead atoms. The van der Waals surface area contributed by atoms with E-state index >= 15 is 0 Å². The van der Waals surface area contributed by atoms with Crippen LogP contribution >= 0.6 is 0 Å². The molecule has 0 aliphatic heterocycles. The van der Waals surface area contributed by atoms with Gasteiger partial charge in [0.25, 0.3) is 0 Å². The van der Waals surface area contributed by atoms with Gasteiger partial charge in [0.05, 0.1) is 0 Å². The van der Waals surface area contributed by atoms with E-state index in [4.69, 9.17) is 0 Å². The van der Waals surface area contributed by atoms with Gasteiger partial charge in [-0.25, -0.2) is 0 Å². The molecule has 0 heterocycles. The van der Waals surface area contributed by atoms with Gasteiger partial charge in [0, 0.05) is 0 Å². The van der Waals surface area contributed by atoms with Crippen LogP contribution in [-0.2, 0) is 0 Å². The first kappa shape index (κ1) is 9.97. The molecule has 0 heteroatoms. The van der Waals surface area contributed by atoms with Crippen molar-refractivity contribution in [2.75, 3.05) is 0 Å². The fourth-order valence-electron chi connectivity index (χ4n) is 6.93. The maximum Gasteiger partial charge on any atom is -0.0253 e. The molecule has 5 rings (SSSR count). The Morgan fingerprint density at radius 1 is 1.06 bits per heavy atom. The van der Waals surface area contributed by atoms with E-state index in [1.54, 1.807) is 32.1 Å². The fourth-order valence-corrected chi connectivity index (χ4v) is 6.93. The largest absolute Gasteiger partial charge is 0.0649 e. The molecule has 0 saturated heterocycles. The van der Waals surface area contributed by atoms with Crippen molar-refractivity contribution in [2.45, 2.75) is 59.3 Å². The Morgan fingerprint density at radius 2 is 1.81 bits per heavy atom. The molecule has 0 N–H and O–H groups in total. The van der Waals surface area contributed by atoms with Crippen LogP contribution in [0.3, 0.4) is 0 Å². The summed E-state index contributed by atoms with van der Waals surface area (Å²) in [4.78, 5) is 0. The van der Waals surface area contributed by atoms with Crippen molar-refractivity contribution in [3.63, 3.8) is 0 Å². The molecule has 0 radical (unpaired) electrons. The maximum atomic E-state index is 2.63. The second-order valence-electron chi connectivity index (χ2n) is 8.06. The quantitative estimate of drug-likeness (QED) is 0.608. The van der Waals surface area contributed by atoms with Crippen LogP contribution in [-0.4, -0.2) is 0 Å². The Hall–Kier alpha value is 0. The summed E-state index contributed by atoms with van der Waals surface area (Å²) >= 11 is 0. The zero-order chi connectivity index (χ0) is 11.1. The Bertz CT molecular complexity index is 331. The Morgan fingerprint density at radius 3 is 2.56 bits per heavy atom. The average molecular weight is 218 g/mol. The summed E-state index contributed by atoms with van der Waals surface area (Å²) in [5.74, 6) is 5.50. The van der Waals surface area contributed by atoms with Gasteiger partial charge in [-0.2, -0.15) is 0 Å². The van der Waals surface area contributed by atoms with Crippen molar-refractivity contribution in [1.82, 2.24) is 0 Å². The Labute approximate surface area is 100 Å².